The van der Waals surface area contributed by atoms with Gasteiger partial charge in [-0.25, -0.2) is 9.97 Å². The van der Waals surface area contributed by atoms with Gasteiger partial charge in [0, 0.05) is 19.0 Å². The highest BCUT2D eigenvalue weighted by Crippen LogP contribution is 2.24. The van der Waals surface area contributed by atoms with Crippen LogP contribution < -0.4 is 4.90 Å². The molecule has 2 N–H and O–H groups in total. The van der Waals surface area contributed by atoms with Gasteiger partial charge in [-0.05, 0) is 6.92 Å². The Balaban J connectivity index is 2.27. The van der Waals surface area contributed by atoms with E-state index in [1.54, 1.807) is 6.20 Å². The van der Waals surface area contributed by atoms with Crippen molar-refractivity contribution in [3.63, 3.8) is 0 Å². The van der Waals surface area contributed by atoms with Crippen LogP contribution in [0, 0.1) is 0 Å². The van der Waals surface area contributed by atoms with Crippen molar-refractivity contribution >= 4 is 5.69 Å². The molecular weight excluding hydrogens is 258 g/mol. The molecule has 6 heteroatoms. The van der Waals surface area contributed by atoms with Crippen LogP contribution in [-0.2, 0) is 11.3 Å². The van der Waals surface area contributed by atoms with Gasteiger partial charge in [0.15, 0.2) is 0 Å². The molecule has 2 rings (SSSR count). The van der Waals surface area contributed by atoms with Crippen molar-refractivity contribution in [3.8, 4) is 0 Å². The zero-order valence-corrected chi connectivity index (χ0v) is 12.3. The van der Waals surface area contributed by atoms with Crippen LogP contribution in [0.1, 0.15) is 38.2 Å². The molecule has 2 unspecified atom stereocenters. The van der Waals surface area contributed by atoms with Crippen molar-refractivity contribution in [3.05, 3.63) is 17.7 Å². The van der Waals surface area contributed by atoms with Gasteiger partial charge in [0.25, 0.3) is 0 Å². The van der Waals surface area contributed by atoms with Crippen LogP contribution in [0.2, 0.25) is 0 Å². The fraction of sp³-hybridized carbons (Fsp3) is 0.714. The molecule has 0 bridgehead atoms. The number of hydrogen-bond donors (Lipinski definition) is 2. The Bertz CT molecular complexity index is 453. The van der Waals surface area contributed by atoms with E-state index < -0.39 is 0 Å². The molecule has 1 saturated heterocycles. The summed E-state index contributed by atoms with van der Waals surface area (Å²) < 4.78 is 5.63. The van der Waals surface area contributed by atoms with E-state index >= 15 is 0 Å². The Hall–Kier alpha value is -1.24. The van der Waals surface area contributed by atoms with Crippen molar-refractivity contribution in [2.75, 3.05) is 24.6 Å². The van der Waals surface area contributed by atoms with Crippen molar-refractivity contribution in [2.45, 2.75) is 45.5 Å². The summed E-state index contributed by atoms with van der Waals surface area (Å²) in [4.78, 5) is 10.9. The molecule has 1 aromatic rings. The van der Waals surface area contributed by atoms with Gasteiger partial charge in [0.2, 0.25) is 0 Å². The molecule has 0 aromatic carbocycles. The zero-order chi connectivity index (χ0) is 14.7. The second-order valence-corrected chi connectivity index (χ2v) is 5.53. The lowest BCUT2D eigenvalue weighted by atomic mass is 10.1. The van der Waals surface area contributed by atoms with E-state index in [0.717, 1.165) is 11.5 Å². The second-order valence-electron chi connectivity index (χ2n) is 5.53. The lowest BCUT2D eigenvalue weighted by molar-refractivity contribution is -0.0422. The maximum atomic E-state index is 9.55. The predicted octanol–water partition coefficient (Wildman–Crippen LogP) is 0.678. The molecule has 0 spiro atoms. The Morgan fingerprint density at radius 3 is 2.75 bits per heavy atom. The summed E-state index contributed by atoms with van der Waals surface area (Å²) >= 11 is 0. The number of aliphatic hydroxyl groups excluding tert-OH is 2. The zero-order valence-electron chi connectivity index (χ0n) is 12.3. The molecule has 2 atom stereocenters. The quantitative estimate of drug-likeness (QED) is 0.845. The summed E-state index contributed by atoms with van der Waals surface area (Å²) in [5, 5.41) is 18.8. The SMILES string of the molecule is CC1CN(c2cnc(C(C)C)nc2CO)CC(CO)O1. The fourth-order valence-electron chi connectivity index (χ4n) is 2.43. The van der Waals surface area contributed by atoms with Crippen molar-refractivity contribution < 1.29 is 14.9 Å². The van der Waals surface area contributed by atoms with Crippen molar-refractivity contribution in [1.29, 1.82) is 0 Å². The lowest BCUT2D eigenvalue weighted by Crippen LogP contribution is -2.48. The van der Waals surface area contributed by atoms with E-state index in [2.05, 4.69) is 14.9 Å². The summed E-state index contributed by atoms with van der Waals surface area (Å²) in [5.74, 6) is 0.959. The summed E-state index contributed by atoms with van der Waals surface area (Å²) in [6, 6.07) is 0. The normalized spacial score (nSPS) is 23.4. The minimum absolute atomic E-state index is 0.0137. The molecule has 1 aliphatic heterocycles. The number of nitrogens with zero attached hydrogens (tertiary/aromatic N) is 3. The van der Waals surface area contributed by atoms with Gasteiger partial charge in [0.1, 0.15) is 5.82 Å². The average molecular weight is 281 g/mol. The van der Waals surface area contributed by atoms with Crippen LogP contribution in [0.25, 0.3) is 0 Å². The van der Waals surface area contributed by atoms with Gasteiger partial charge in [0.05, 0.1) is 43.0 Å². The average Bonchev–Trinajstić information content (AvgIpc) is 2.45. The summed E-state index contributed by atoms with van der Waals surface area (Å²) in [6.07, 6.45) is 1.58. The number of ether oxygens (including phenoxy) is 1. The summed E-state index contributed by atoms with van der Waals surface area (Å²) in [7, 11) is 0. The first kappa shape index (κ1) is 15.2. The monoisotopic (exact) mass is 281 g/mol. The van der Waals surface area contributed by atoms with Gasteiger partial charge < -0.3 is 19.8 Å². The van der Waals surface area contributed by atoms with Crippen LogP contribution in [0.15, 0.2) is 6.20 Å². The smallest absolute Gasteiger partial charge is 0.131 e. The van der Waals surface area contributed by atoms with Crippen LogP contribution in [-0.4, -0.2) is 52.1 Å². The van der Waals surface area contributed by atoms with E-state index in [-0.39, 0.29) is 31.3 Å². The predicted molar refractivity (Wildman–Crippen MR) is 75.7 cm³/mol. The third-order valence-electron chi connectivity index (χ3n) is 3.40. The lowest BCUT2D eigenvalue weighted by Gasteiger charge is -2.37. The Labute approximate surface area is 119 Å². The number of hydrogen-bond acceptors (Lipinski definition) is 6. The molecule has 1 aliphatic rings. The molecule has 20 heavy (non-hydrogen) atoms. The molecule has 6 nitrogen and oxygen atoms in total. The molecular formula is C14H23N3O3. The van der Waals surface area contributed by atoms with Gasteiger partial charge in [-0.3, -0.25) is 0 Å². The minimum Gasteiger partial charge on any atom is -0.394 e. The maximum absolute atomic E-state index is 9.55. The van der Waals surface area contributed by atoms with Crippen LogP contribution in [0.3, 0.4) is 0 Å². The van der Waals surface area contributed by atoms with E-state index in [0.29, 0.717) is 18.8 Å². The van der Waals surface area contributed by atoms with E-state index in [1.165, 1.54) is 0 Å². The standard InChI is InChI=1S/C14H23N3O3/c1-9(2)14-15-4-13(12(8-19)16-14)17-5-10(3)20-11(6-17)7-18/h4,9-11,18-19H,5-8H2,1-3H3. The Morgan fingerprint density at radius 1 is 1.40 bits per heavy atom. The maximum Gasteiger partial charge on any atom is 0.131 e. The highest BCUT2D eigenvalue weighted by molar-refractivity contribution is 5.49. The van der Waals surface area contributed by atoms with Gasteiger partial charge in [-0.1, -0.05) is 13.8 Å². The topological polar surface area (TPSA) is 78.7 Å². The molecule has 0 saturated carbocycles. The number of anilines is 1. The summed E-state index contributed by atoms with van der Waals surface area (Å²) in [6.45, 7) is 7.17. The third kappa shape index (κ3) is 3.26. The first-order valence-electron chi connectivity index (χ1n) is 7.03. The molecule has 1 fully saturated rings. The minimum atomic E-state index is -0.213. The van der Waals surface area contributed by atoms with E-state index in [4.69, 9.17) is 4.74 Å². The number of aliphatic hydroxyl groups is 2. The Kier molecular flexibility index (Phi) is 4.91. The molecule has 1 aromatic heterocycles. The van der Waals surface area contributed by atoms with Crippen LogP contribution in [0.5, 0.6) is 0 Å². The fourth-order valence-corrected chi connectivity index (χ4v) is 2.43. The third-order valence-corrected chi connectivity index (χ3v) is 3.40. The summed E-state index contributed by atoms with van der Waals surface area (Å²) in [5.41, 5.74) is 1.46. The van der Waals surface area contributed by atoms with E-state index in [9.17, 15) is 10.2 Å². The molecule has 0 aliphatic carbocycles. The largest absolute Gasteiger partial charge is 0.394 e. The molecule has 2 heterocycles. The highest BCUT2D eigenvalue weighted by atomic mass is 16.5. The van der Waals surface area contributed by atoms with E-state index in [1.807, 2.05) is 20.8 Å². The number of aromatic nitrogens is 2. The second kappa shape index (κ2) is 6.47. The molecule has 0 radical (unpaired) electrons. The van der Waals surface area contributed by atoms with Gasteiger partial charge >= 0.3 is 0 Å². The first-order valence-corrected chi connectivity index (χ1v) is 7.03. The first-order chi connectivity index (χ1) is 9.55. The van der Waals surface area contributed by atoms with Gasteiger partial charge in [-0.2, -0.15) is 0 Å². The molecule has 112 valence electrons. The number of morpholine rings is 1. The highest BCUT2D eigenvalue weighted by Gasteiger charge is 2.27. The molecule has 0 amide bonds. The van der Waals surface area contributed by atoms with Crippen molar-refractivity contribution in [1.82, 2.24) is 9.97 Å². The Morgan fingerprint density at radius 2 is 2.15 bits per heavy atom. The number of rotatable bonds is 4. The van der Waals surface area contributed by atoms with Gasteiger partial charge in [-0.15, -0.1) is 0 Å². The van der Waals surface area contributed by atoms with Crippen LogP contribution >= 0.6 is 0 Å². The van der Waals surface area contributed by atoms with Crippen molar-refractivity contribution in [2.24, 2.45) is 0 Å². The van der Waals surface area contributed by atoms with Crippen LogP contribution in [0.4, 0.5) is 5.69 Å².